The second-order valence-electron chi connectivity index (χ2n) is 6.44. The minimum absolute atomic E-state index is 0.122. The summed E-state index contributed by atoms with van der Waals surface area (Å²) in [5, 5.41) is 4.20. The molecule has 1 N–H and O–H groups in total. The number of H-pyrrole nitrogens is 1. The Kier molecular flexibility index (Phi) is 5.12. The summed E-state index contributed by atoms with van der Waals surface area (Å²) >= 11 is 0. The molecule has 0 unspecified atom stereocenters. The number of nitrogens with zero attached hydrogens (tertiary/aromatic N) is 1. The van der Waals surface area contributed by atoms with E-state index in [4.69, 9.17) is 4.74 Å². The maximum atomic E-state index is 12.9. The van der Waals surface area contributed by atoms with Crippen molar-refractivity contribution < 1.29 is 4.74 Å². The van der Waals surface area contributed by atoms with E-state index in [1.807, 2.05) is 55.5 Å². The number of para-hydroxylation sites is 1. The average Bonchev–Trinajstić information content (AvgIpc) is 2.91. The molecule has 1 heterocycles. The zero-order valence-corrected chi connectivity index (χ0v) is 15.5. The highest BCUT2D eigenvalue weighted by atomic mass is 16.5. The highest BCUT2D eigenvalue weighted by Crippen LogP contribution is 2.18. The summed E-state index contributed by atoms with van der Waals surface area (Å²) in [6, 6.07) is 13.7. The van der Waals surface area contributed by atoms with Gasteiger partial charge in [-0.1, -0.05) is 37.8 Å². The first kappa shape index (κ1) is 17.8. The van der Waals surface area contributed by atoms with E-state index in [1.54, 1.807) is 0 Å². The number of aromatic nitrogens is 2. The van der Waals surface area contributed by atoms with Crippen LogP contribution in [0.4, 0.5) is 0 Å². The summed E-state index contributed by atoms with van der Waals surface area (Å²) in [4.78, 5) is 12.9. The molecule has 0 saturated heterocycles. The van der Waals surface area contributed by atoms with Crippen LogP contribution in [0.5, 0.6) is 5.75 Å². The minimum atomic E-state index is -0.122. The van der Waals surface area contributed by atoms with Crippen molar-refractivity contribution in [2.75, 3.05) is 6.61 Å². The number of aryl methyl sites for hydroxylation is 2. The predicted octanol–water partition coefficient (Wildman–Crippen LogP) is 2.81. The summed E-state index contributed by atoms with van der Waals surface area (Å²) < 4.78 is 7.33. The SMILES string of the molecule is C=c1[nH]n(-c2ccc(C)c(C)c2)c(=O)/c1=C/c1ccccc1OCCC. The van der Waals surface area contributed by atoms with Gasteiger partial charge in [-0.05, 0) is 55.7 Å². The van der Waals surface area contributed by atoms with Crippen LogP contribution in [0.15, 0.2) is 47.3 Å². The maximum absolute atomic E-state index is 12.9. The number of hydrogen-bond acceptors (Lipinski definition) is 2. The van der Waals surface area contributed by atoms with Crippen molar-refractivity contribution in [3.05, 3.63) is 80.1 Å². The molecule has 0 spiro atoms. The highest BCUT2D eigenvalue weighted by Gasteiger charge is 2.07. The Morgan fingerprint density at radius 1 is 1.15 bits per heavy atom. The fourth-order valence-electron chi connectivity index (χ4n) is 2.79. The molecule has 2 aromatic carbocycles. The monoisotopic (exact) mass is 348 g/mol. The minimum Gasteiger partial charge on any atom is -0.493 e. The van der Waals surface area contributed by atoms with Crippen LogP contribution in [-0.2, 0) is 0 Å². The van der Waals surface area contributed by atoms with Gasteiger partial charge >= 0.3 is 0 Å². The van der Waals surface area contributed by atoms with Crippen molar-refractivity contribution in [3.63, 3.8) is 0 Å². The lowest BCUT2D eigenvalue weighted by atomic mass is 10.1. The molecule has 134 valence electrons. The summed E-state index contributed by atoms with van der Waals surface area (Å²) in [7, 11) is 0. The standard InChI is InChI=1S/C22H24N2O2/c1-5-12-26-21-9-7-6-8-18(21)14-20-17(4)23-24(22(20)25)19-11-10-15(2)16(3)13-19/h6-11,13-14,23H,4-5,12H2,1-3H3/b20-14+. The van der Waals surface area contributed by atoms with Crippen LogP contribution in [0.3, 0.4) is 0 Å². The van der Waals surface area contributed by atoms with Crippen LogP contribution in [0.1, 0.15) is 30.0 Å². The van der Waals surface area contributed by atoms with Crippen LogP contribution in [0.25, 0.3) is 18.3 Å². The van der Waals surface area contributed by atoms with Gasteiger partial charge in [-0.15, -0.1) is 0 Å². The highest BCUT2D eigenvalue weighted by molar-refractivity contribution is 5.57. The molecule has 0 atom stereocenters. The molecule has 0 amide bonds. The predicted molar refractivity (Wildman–Crippen MR) is 106 cm³/mol. The van der Waals surface area contributed by atoms with Crippen molar-refractivity contribution in [2.45, 2.75) is 27.2 Å². The van der Waals surface area contributed by atoms with Gasteiger partial charge in [0.1, 0.15) is 5.75 Å². The van der Waals surface area contributed by atoms with E-state index in [-0.39, 0.29) is 5.56 Å². The van der Waals surface area contributed by atoms with Crippen LogP contribution < -0.4 is 20.9 Å². The topological polar surface area (TPSA) is 47.0 Å². The quantitative estimate of drug-likeness (QED) is 0.771. The fourth-order valence-corrected chi connectivity index (χ4v) is 2.79. The molecular weight excluding hydrogens is 324 g/mol. The average molecular weight is 348 g/mol. The first-order chi connectivity index (χ1) is 12.5. The van der Waals surface area contributed by atoms with E-state index < -0.39 is 0 Å². The first-order valence-electron chi connectivity index (χ1n) is 8.82. The van der Waals surface area contributed by atoms with Crippen molar-refractivity contribution in [1.82, 2.24) is 9.78 Å². The van der Waals surface area contributed by atoms with E-state index in [0.29, 0.717) is 17.2 Å². The molecule has 0 fully saturated rings. The Labute approximate surface area is 153 Å². The third-order valence-electron chi connectivity index (χ3n) is 4.43. The van der Waals surface area contributed by atoms with Gasteiger partial charge in [0.25, 0.3) is 5.56 Å². The van der Waals surface area contributed by atoms with Crippen LogP contribution in [0, 0.1) is 13.8 Å². The van der Waals surface area contributed by atoms with Crippen LogP contribution in [-0.4, -0.2) is 16.4 Å². The first-order valence-corrected chi connectivity index (χ1v) is 8.82. The van der Waals surface area contributed by atoms with Crippen LogP contribution in [0.2, 0.25) is 0 Å². The molecule has 0 saturated carbocycles. The van der Waals surface area contributed by atoms with Gasteiger partial charge in [-0.2, -0.15) is 0 Å². The summed E-state index contributed by atoms with van der Waals surface area (Å²) in [5.41, 5.74) is 3.88. The zero-order chi connectivity index (χ0) is 18.7. The normalized spacial score (nSPS) is 11.7. The molecule has 3 aromatic rings. The van der Waals surface area contributed by atoms with Crippen molar-refractivity contribution in [2.24, 2.45) is 0 Å². The number of rotatable bonds is 5. The van der Waals surface area contributed by atoms with Gasteiger partial charge in [0.15, 0.2) is 0 Å². The number of aromatic amines is 1. The molecule has 0 aliphatic carbocycles. The van der Waals surface area contributed by atoms with E-state index >= 15 is 0 Å². The van der Waals surface area contributed by atoms with Gasteiger partial charge in [0.05, 0.1) is 22.9 Å². The second kappa shape index (κ2) is 7.48. The fraction of sp³-hybridized carbons (Fsp3) is 0.227. The lowest BCUT2D eigenvalue weighted by molar-refractivity contribution is 0.317. The van der Waals surface area contributed by atoms with Gasteiger partial charge in [-0.25, -0.2) is 4.68 Å². The molecule has 4 heteroatoms. The van der Waals surface area contributed by atoms with Crippen LogP contribution >= 0.6 is 0 Å². The van der Waals surface area contributed by atoms with E-state index in [9.17, 15) is 4.79 Å². The van der Waals surface area contributed by atoms with Crippen molar-refractivity contribution in [3.8, 4) is 11.4 Å². The third-order valence-corrected chi connectivity index (χ3v) is 4.43. The molecule has 0 radical (unpaired) electrons. The van der Waals surface area contributed by atoms with Crippen molar-refractivity contribution >= 4 is 12.7 Å². The lowest BCUT2D eigenvalue weighted by Gasteiger charge is -2.07. The molecular formula is C22H24N2O2. The summed E-state index contributed by atoms with van der Waals surface area (Å²) in [6.45, 7) is 10.8. The number of benzene rings is 2. The van der Waals surface area contributed by atoms with Gasteiger partial charge in [0, 0.05) is 5.56 Å². The van der Waals surface area contributed by atoms with E-state index in [0.717, 1.165) is 29.0 Å². The van der Waals surface area contributed by atoms with Gasteiger partial charge in [-0.3, -0.25) is 9.89 Å². The Morgan fingerprint density at radius 3 is 2.65 bits per heavy atom. The number of hydrogen-bond donors (Lipinski definition) is 1. The smallest absolute Gasteiger partial charge is 0.279 e. The van der Waals surface area contributed by atoms with E-state index in [2.05, 4.69) is 25.5 Å². The Hall–Kier alpha value is -3.01. The van der Waals surface area contributed by atoms with E-state index in [1.165, 1.54) is 10.2 Å². The molecule has 0 aliphatic rings. The lowest BCUT2D eigenvalue weighted by Crippen LogP contribution is -2.34. The molecule has 0 bridgehead atoms. The summed E-state index contributed by atoms with van der Waals surface area (Å²) in [6.07, 6.45) is 2.77. The largest absolute Gasteiger partial charge is 0.493 e. The number of nitrogens with one attached hydrogen (secondary N) is 1. The molecule has 4 nitrogen and oxygen atoms in total. The molecule has 3 rings (SSSR count). The molecule has 0 aliphatic heterocycles. The summed E-state index contributed by atoms with van der Waals surface area (Å²) in [5.74, 6) is 0.770. The number of ether oxygens (including phenoxy) is 1. The Balaban J connectivity index is 2.12. The third kappa shape index (κ3) is 3.49. The molecule has 1 aromatic heterocycles. The zero-order valence-electron chi connectivity index (χ0n) is 15.5. The molecule has 26 heavy (non-hydrogen) atoms. The van der Waals surface area contributed by atoms with Gasteiger partial charge < -0.3 is 4.74 Å². The Bertz CT molecular complexity index is 1090. The van der Waals surface area contributed by atoms with Gasteiger partial charge in [0.2, 0.25) is 0 Å². The maximum Gasteiger partial charge on any atom is 0.279 e. The van der Waals surface area contributed by atoms with Crippen molar-refractivity contribution in [1.29, 1.82) is 0 Å². The second-order valence-corrected chi connectivity index (χ2v) is 6.44. The Morgan fingerprint density at radius 2 is 1.92 bits per heavy atom.